The van der Waals surface area contributed by atoms with Crippen LogP contribution < -0.4 is 5.32 Å². The molecular weight excluding hydrogens is 216 g/mol. The van der Waals surface area contributed by atoms with Crippen molar-refractivity contribution >= 4 is 5.97 Å². The molecule has 1 saturated carbocycles. The summed E-state index contributed by atoms with van der Waals surface area (Å²) in [4.78, 5) is 13.9. The molecule has 3 N–H and O–H groups in total. The highest BCUT2D eigenvalue weighted by Crippen LogP contribution is 2.24. The summed E-state index contributed by atoms with van der Waals surface area (Å²) in [6, 6.07) is 2.59. The van der Waals surface area contributed by atoms with Gasteiger partial charge in [0.05, 0.1) is 5.92 Å². The largest absolute Gasteiger partial charge is 0.481 e. The van der Waals surface area contributed by atoms with Gasteiger partial charge in [-0.25, -0.2) is 0 Å². The van der Waals surface area contributed by atoms with Crippen LogP contribution in [0.15, 0.2) is 18.5 Å². The molecule has 1 aliphatic carbocycles. The molecule has 0 bridgehead atoms. The Morgan fingerprint density at radius 3 is 2.76 bits per heavy atom. The second-order valence-electron chi connectivity index (χ2n) is 4.81. The van der Waals surface area contributed by atoms with Crippen molar-refractivity contribution in [2.24, 2.45) is 5.92 Å². The lowest BCUT2D eigenvalue weighted by Gasteiger charge is -2.26. The summed E-state index contributed by atoms with van der Waals surface area (Å²) in [5.74, 6) is -0.742. The lowest BCUT2D eigenvalue weighted by molar-refractivity contribution is -0.142. The Kier molecular flexibility index (Phi) is 4.20. The minimum atomic E-state index is -0.629. The van der Waals surface area contributed by atoms with E-state index in [-0.39, 0.29) is 5.92 Å². The molecule has 4 heteroatoms. The van der Waals surface area contributed by atoms with Crippen molar-refractivity contribution in [3.8, 4) is 0 Å². The van der Waals surface area contributed by atoms with Gasteiger partial charge in [0.1, 0.15) is 0 Å². The Hall–Kier alpha value is -1.29. The normalized spacial score (nSPS) is 24.7. The van der Waals surface area contributed by atoms with Crippen molar-refractivity contribution < 1.29 is 9.90 Å². The maximum Gasteiger partial charge on any atom is 0.306 e. The van der Waals surface area contributed by atoms with E-state index in [9.17, 15) is 4.79 Å². The molecule has 1 aromatic rings. The Bertz CT molecular complexity index is 340. The van der Waals surface area contributed by atoms with Gasteiger partial charge in [-0.2, -0.15) is 0 Å². The molecule has 1 fully saturated rings. The van der Waals surface area contributed by atoms with Crippen LogP contribution in [0, 0.1) is 5.92 Å². The number of aliphatic carboxylic acids is 1. The van der Waals surface area contributed by atoms with Crippen LogP contribution >= 0.6 is 0 Å². The van der Waals surface area contributed by atoms with E-state index < -0.39 is 5.97 Å². The molecule has 0 aromatic carbocycles. The first-order valence-corrected chi connectivity index (χ1v) is 6.33. The Morgan fingerprint density at radius 2 is 2.18 bits per heavy atom. The minimum Gasteiger partial charge on any atom is -0.481 e. The van der Waals surface area contributed by atoms with Crippen LogP contribution in [0.1, 0.15) is 31.2 Å². The average Bonchev–Trinajstić information content (AvgIpc) is 2.83. The molecule has 1 aromatic heterocycles. The fourth-order valence-electron chi connectivity index (χ4n) is 2.48. The van der Waals surface area contributed by atoms with Gasteiger partial charge in [-0.3, -0.25) is 4.79 Å². The predicted molar refractivity (Wildman–Crippen MR) is 65.9 cm³/mol. The second-order valence-corrected chi connectivity index (χ2v) is 4.81. The van der Waals surface area contributed by atoms with Crippen LogP contribution in [0.3, 0.4) is 0 Å². The Labute approximate surface area is 101 Å². The van der Waals surface area contributed by atoms with Crippen molar-refractivity contribution in [3.05, 3.63) is 24.0 Å². The number of carboxylic acids is 1. The molecule has 2 rings (SSSR count). The molecule has 94 valence electrons. The van der Waals surface area contributed by atoms with Crippen LogP contribution in [0.25, 0.3) is 0 Å². The van der Waals surface area contributed by atoms with E-state index >= 15 is 0 Å². The van der Waals surface area contributed by atoms with Gasteiger partial charge in [0, 0.05) is 18.4 Å². The first-order chi connectivity index (χ1) is 8.25. The molecule has 0 unspecified atom stereocenters. The number of carboxylic acid groups (broad SMARTS) is 1. The zero-order valence-electron chi connectivity index (χ0n) is 9.98. The van der Waals surface area contributed by atoms with E-state index in [0.717, 1.165) is 38.6 Å². The van der Waals surface area contributed by atoms with Crippen molar-refractivity contribution in [2.75, 3.05) is 6.54 Å². The highest BCUT2D eigenvalue weighted by molar-refractivity contribution is 5.70. The minimum absolute atomic E-state index is 0.113. The topological polar surface area (TPSA) is 65.1 Å². The average molecular weight is 236 g/mol. The van der Waals surface area contributed by atoms with Crippen molar-refractivity contribution in [2.45, 2.75) is 38.1 Å². The maximum atomic E-state index is 10.8. The van der Waals surface area contributed by atoms with E-state index in [4.69, 9.17) is 5.11 Å². The van der Waals surface area contributed by atoms with E-state index in [0.29, 0.717) is 6.04 Å². The number of carbonyl (C=O) groups is 1. The fourth-order valence-corrected chi connectivity index (χ4v) is 2.48. The fraction of sp³-hybridized carbons (Fsp3) is 0.615. The Morgan fingerprint density at radius 1 is 1.41 bits per heavy atom. The summed E-state index contributed by atoms with van der Waals surface area (Å²) in [5.41, 5.74) is 1.32. The molecule has 4 nitrogen and oxygen atoms in total. The smallest absolute Gasteiger partial charge is 0.306 e. The van der Waals surface area contributed by atoms with E-state index in [1.165, 1.54) is 5.56 Å². The summed E-state index contributed by atoms with van der Waals surface area (Å²) in [6.07, 6.45) is 8.60. The first kappa shape index (κ1) is 12.2. The molecule has 1 heterocycles. The van der Waals surface area contributed by atoms with Gasteiger partial charge in [0.25, 0.3) is 0 Å². The third-order valence-corrected chi connectivity index (χ3v) is 3.59. The molecule has 0 spiro atoms. The summed E-state index contributed by atoms with van der Waals surface area (Å²) < 4.78 is 0. The standard InChI is InChI=1S/C13H20N2O2/c16-13(17)11-1-3-12(4-2-11)15-8-6-10-5-7-14-9-10/h5,7,9,11-12,14-15H,1-4,6,8H2,(H,16,17). The second kappa shape index (κ2) is 5.87. The van der Waals surface area contributed by atoms with Crippen LogP contribution in [0.4, 0.5) is 0 Å². The van der Waals surface area contributed by atoms with Gasteiger partial charge in [0.15, 0.2) is 0 Å². The monoisotopic (exact) mass is 236 g/mol. The number of hydrogen-bond acceptors (Lipinski definition) is 2. The molecule has 1 aliphatic rings. The molecular formula is C13H20N2O2. The quantitative estimate of drug-likeness (QED) is 0.730. The maximum absolute atomic E-state index is 10.8. The van der Waals surface area contributed by atoms with Gasteiger partial charge < -0.3 is 15.4 Å². The van der Waals surface area contributed by atoms with Crippen LogP contribution in [-0.2, 0) is 11.2 Å². The molecule has 0 aliphatic heterocycles. The van der Waals surface area contributed by atoms with Crippen LogP contribution in [0.2, 0.25) is 0 Å². The van der Waals surface area contributed by atoms with Gasteiger partial charge in [-0.1, -0.05) is 0 Å². The molecule has 0 amide bonds. The third-order valence-electron chi connectivity index (χ3n) is 3.59. The van der Waals surface area contributed by atoms with Gasteiger partial charge >= 0.3 is 5.97 Å². The first-order valence-electron chi connectivity index (χ1n) is 6.33. The van der Waals surface area contributed by atoms with Gasteiger partial charge in [0.2, 0.25) is 0 Å². The number of aromatic amines is 1. The number of H-pyrrole nitrogens is 1. The van der Waals surface area contributed by atoms with Crippen molar-refractivity contribution in [1.82, 2.24) is 10.3 Å². The zero-order chi connectivity index (χ0) is 12.1. The summed E-state index contributed by atoms with van der Waals surface area (Å²) in [7, 11) is 0. The summed E-state index contributed by atoms with van der Waals surface area (Å²) in [6.45, 7) is 0.972. The van der Waals surface area contributed by atoms with Gasteiger partial charge in [-0.05, 0) is 50.3 Å². The lowest BCUT2D eigenvalue weighted by Crippen LogP contribution is -2.35. The van der Waals surface area contributed by atoms with E-state index in [1.54, 1.807) is 0 Å². The lowest BCUT2D eigenvalue weighted by atomic mass is 9.86. The molecule has 0 saturated heterocycles. The van der Waals surface area contributed by atoms with Crippen molar-refractivity contribution in [1.29, 1.82) is 0 Å². The van der Waals surface area contributed by atoms with E-state index in [2.05, 4.69) is 16.4 Å². The van der Waals surface area contributed by atoms with Crippen LogP contribution in [-0.4, -0.2) is 28.6 Å². The summed E-state index contributed by atoms with van der Waals surface area (Å²) in [5, 5.41) is 12.4. The highest BCUT2D eigenvalue weighted by atomic mass is 16.4. The number of rotatable bonds is 5. The van der Waals surface area contributed by atoms with Crippen LogP contribution in [0.5, 0.6) is 0 Å². The zero-order valence-corrected chi connectivity index (χ0v) is 9.98. The highest BCUT2D eigenvalue weighted by Gasteiger charge is 2.25. The van der Waals surface area contributed by atoms with Gasteiger partial charge in [-0.15, -0.1) is 0 Å². The SMILES string of the molecule is O=C(O)C1CCC(NCCc2cc[nH]c2)CC1. The predicted octanol–water partition coefficient (Wildman–Crippen LogP) is 1.79. The third kappa shape index (κ3) is 3.60. The molecule has 0 atom stereocenters. The summed E-state index contributed by atoms with van der Waals surface area (Å²) >= 11 is 0. The molecule has 17 heavy (non-hydrogen) atoms. The number of hydrogen-bond donors (Lipinski definition) is 3. The number of aromatic nitrogens is 1. The number of nitrogens with one attached hydrogen (secondary N) is 2. The molecule has 0 radical (unpaired) electrons. The van der Waals surface area contributed by atoms with E-state index in [1.807, 2.05) is 12.4 Å². The van der Waals surface area contributed by atoms with Crippen molar-refractivity contribution in [3.63, 3.8) is 0 Å². The Balaban J connectivity index is 1.63.